The van der Waals surface area contributed by atoms with E-state index in [1.165, 1.54) is 12.0 Å². The van der Waals surface area contributed by atoms with Gasteiger partial charge in [-0.3, -0.25) is 0 Å². The van der Waals surface area contributed by atoms with Crippen LogP contribution in [-0.2, 0) is 9.84 Å². The molecule has 2 aromatic carbocycles. The highest BCUT2D eigenvalue weighted by atomic mass is 32.2. The second-order valence-electron chi connectivity index (χ2n) is 9.22. The van der Waals surface area contributed by atoms with E-state index in [4.69, 9.17) is 0 Å². The average Bonchev–Trinajstić information content (AvgIpc) is 3.29. The van der Waals surface area contributed by atoms with Crippen LogP contribution in [0.4, 0.5) is 4.39 Å². The largest absolute Gasteiger partial charge is 0.300 e. The monoisotopic (exact) mass is 415 g/mol. The summed E-state index contributed by atoms with van der Waals surface area (Å²) in [4.78, 5) is 2.95. The van der Waals surface area contributed by atoms with E-state index in [1.54, 1.807) is 36.4 Å². The molecule has 0 spiro atoms. The maximum absolute atomic E-state index is 13.2. The van der Waals surface area contributed by atoms with Crippen LogP contribution in [0.15, 0.2) is 59.5 Å². The third kappa shape index (κ3) is 3.99. The van der Waals surface area contributed by atoms with Crippen molar-refractivity contribution in [3.8, 4) is 0 Å². The van der Waals surface area contributed by atoms with E-state index in [-0.39, 0.29) is 5.82 Å². The summed E-state index contributed by atoms with van der Waals surface area (Å²) in [5.41, 5.74) is 1.26. The smallest absolute Gasteiger partial charge is 0.183 e. The lowest BCUT2D eigenvalue weighted by molar-refractivity contribution is 0.194. The molecule has 1 aliphatic heterocycles. The van der Waals surface area contributed by atoms with Crippen molar-refractivity contribution >= 4 is 9.84 Å². The summed E-state index contributed by atoms with van der Waals surface area (Å²) in [6, 6.07) is 16.3. The van der Waals surface area contributed by atoms with Gasteiger partial charge in [0.2, 0.25) is 0 Å². The molecule has 29 heavy (non-hydrogen) atoms. The number of fused-ring (bicyclic) bond motifs is 2. The highest BCUT2D eigenvalue weighted by Gasteiger charge is 2.45. The van der Waals surface area contributed by atoms with Crippen molar-refractivity contribution in [2.75, 3.05) is 13.1 Å². The molecule has 3 nitrogen and oxygen atoms in total. The van der Waals surface area contributed by atoms with Gasteiger partial charge >= 0.3 is 0 Å². The molecule has 1 saturated carbocycles. The lowest BCUT2D eigenvalue weighted by Crippen LogP contribution is -2.37. The minimum Gasteiger partial charge on any atom is -0.300 e. The SMILES string of the molecule is CC(C)(CCCN1C[C@@H]2C[C@H]1C[C@@H]2c1ccc(F)cc1)S(=O)(=O)c1ccccc1. The molecule has 1 saturated heterocycles. The van der Waals surface area contributed by atoms with E-state index >= 15 is 0 Å². The van der Waals surface area contributed by atoms with Crippen LogP contribution in [0.3, 0.4) is 0 Å². The number of benzene rings is 2. The minimum absolute atomic E-state index is 0.174. The van der Waals surface area contributed by atoms with Crippen LogP contribution in [0.5, 0.6) is 0 Å². The van der Waals surface area contributed by atoms with E-state index in [1.807, 2.05) is 32.0 Å². The van der Waals surface area contributed by atoms with Gasteiger partial charge in [-0.1, -0.05) is 30.3 Å². The average molecular weight is 416 g/mol. The van der Waals surface area contributed by atoms with Gasteiger partial charge in [-0.25, -0.2) is 12.8 Å². The highest BCUT2D eigenvalue weighted by molar-refractivity contribution is 7.92. The van der Waals surface area contributed by atoms with Crippen molar-refractivity contribution in [2.24, 2.45) is 5.92 Å². The van der Waals surface area contributed by atoms with Crippen LogP contribution in [-0.4, -0.2) is 37.2 Å². The summed E-state index contributed by atoms with van der Waals surface area (Å²) in [5, 5.41) is 0. The van der Waals surface area contributed by atoms with Crippen molar-refractivity contribution in [2.45, 2.75) is 61.1 Å². The second-order valence-corrected chi connectivity index (χ2v) is 11.8. The maximum Gasteiger partial charge on any atom is 0.183 e. The number of hydrogen-bond donors (Lipinski definition) is 0. The summed E-state index contributed by atoms with van der Waals surface area (Å²) in [7, 11) is -3.34. The van der Waals surface area contributed by atoms with E-state index in [0.717, 1.165) is 25.9 Å². The molecule has 1 aliphatic carbocycles. The van der Waals surface area contributed by atoms with Crippen LogP contribution < -0.4 is 0 Å². The van der Waals surface area contributed by atoms with E-state index in [9.17, 15) is 12.8 Å². The zero-order valence-corrected chi connectivity index (χ0v) is 18.0. The summed E-state index contributed by atoms with van der Waals surface area (Å²) in [6.45, 7) is 5.70. The molecule has 1 heterocycles. The van der Waals surface area contributed by atoms with Gasteiger partial charge in [0, 0.05) is 12.6 Å². The molecule has 0 aromatic heterocycles. The zero-order valence-electron chi connectivity index (χ0n) is 17.2. The minimum atomic E-state index is -3.34. The Morgan fingerprint density at radius 3 is 2.34 bits per heavy atom. The normalized spacial score (nSPS) is 24.9. The Bertz CT molecular complexity index is 941. The molecule has 4 rings (SSSR count). The molecule has 5 heteroatoms. The Kier molecular flexibility index (Phi) is 5.56. The van der Waals surface area contributed by atoms with Crippen LogP contribution >= 0.6 is 0 Å². The molecule has 156 valence electrons. The summed E-state index contributed by atoms with van der Waals surface area (Å²) in [6.07, 6.45) is 3.86. The standard InChI is InChI=1S/C24H30FNO2S/c1-24(2,29(27,28)22-7-4-3-5-8-22)13-6-14-26-17-19-15-21(26)16-23(19)18-9-11-20(25)12-10-18/h3-5,7-12,19,21,23H,6,13-17H2,1-2H3/t19-,21-,23+/m0/s1. The fourth-order valence-corrected chi connectivity index (χ4v) is 6.77. The Labute approximate surface area is 173 Å². The Hall–Kier alpha value is -1.72. The quantitative estimate of drug-likeness (QED) is 0.636. The van der Waals surface area contributed by atoms with Gasteiger partial charge in [-0.15, -0.1) is 0 Å². The fraction of sp³-hybridized carbons (Fsp3) is 0.500. The molecule has 0 radical (unpaired) electrons. The maximum atomic E-state index is 13.2. The van der Waals surface area contributed by atoms with Crippen molar-refractivity contribution in [3.63, 3.8) is 0 Å². The summed E-state index contributed by atoms with van der Waals surface area (Å²) >= 11 is 0. The van der Waals surface area contributed by atoms with Crippen LogP contribution in [0.2, 0.25) is 0 Å². The zero-order chi connectivity index (χ0) is 20.6. The molecule has 2 aliphatic rings. The molecular weight excluding hydrogens is 385 g/mol. The summed E-state index contributed by atoms with van der Waals surface area (Å²) < 4.78 is 38.4. The molecule has 2 bridgehead atoms. The number of likely N-dealkylation sites (tertiary alicyclic amines) is 1. The number of rotatable bonds is 7. The lowest BCUT2D eigenvalue weighted by Gasteiger charge is -2.33. The molecule has 2 aromatic rings. The Morgan fingerprint density at radius 2 is 1.72 bits per heavy atom. The van der Waals surface area contributed by atoms with Gasteiger partial charge < -0.3 is 4.90 Å². The number of sulfone groups is 1. The van der Waals surface area contributed by atoms with Gasteiger partial charge in [-0.05, 0) is 87.7 Å². The molecule has 2 fully saturated rings. The van der Waals surface area contributed by atoms with Crippen LogP contribution in [0.1, 0.15) is 51.0 Å². The molecule has 0 unspecified atom stereocenters. The first kappa shape index (κ1) is 20.5. The van der Waals surface area contributed by atoms with E-state index < -0.39 is 14.6 Å². The predicted molar refractivity (Wildman–Crippen MR) is 114 cm³/mol. The number of halogens is 1. The number of hydrogen-bond acceptors (Lipinski definition) is 3. The van der Waals surface area contributed by atoms with Crippen LogP contribution in [0, 0.1) is 11.7 Å². The van der Waals surface area contributed by atoms with Gasteiger partial charge in [0.15, 0.2) is 9.84 Å². The molecule has 0 N–H and O–H groups in total. The van der Waals surface area contributed by atoms with Gasteiger partial charge in [-0.2, -0.15) is 0 Å². The van der Waals surface area contributed by atoms with Crippen molar-refractivity contribution in [1.82, 2.24) is 4.90 Å². The topological polar surface area (TPSA) is 37.4 Å². The third-order valence-electron chi connectivity index (χ3n) is 6.96. The van der Waals surface area contributed by atoms with Crippen molar-refractivity contribution in [3.05, 3.63) is 66.0 Å². The van der Waals surface area contributed by atoms with Gasteiger partial charge in [0.05, 0.1) is 9.64 Å². The third-order valence-corrected chi connectivity index (χ3v) is 9.51. The molecular formula is C24H30FNO2S. The second kappa shape index (κ2) is 7.84. The van der Waals surface area contributed by atoms with Crippen LogP contribution in [0.25, 0.3) is 0 Å². The first-order valence-corrected chi connectivity index (χ1v) is 12.1. The summed E-state index contributed by atoms with van der Waals surface area (Å²) in [5.74, 6) is 0.991. The number of nitrogens with zero attached hydrogens (tertiary/aromatic N) is 1. The van der Waals surface area contributed by atoms with E-state index in [2.05, 4.69) is 4.90 Å². The number of piperidine rings is 1. The van der Waals surface area contributed by atoms with Crippen molar-refractivity contribution < 1.29 is 12.8 Å². The lowest BCUT2D eigenvalue weighted by atomic mass is 9.87. The molecule has 0 amide bonds. The van der Waals surface area contributed by atoms with E-state index in [0.29, 0.717) is 29.2 Å². The first-order valence-electron chi connectivity index (χ1n) is 10.6. The fourth-order valence-electron chi connectivity index (χ4n) is 5.20. The predicted octanol–water partition coefficient (Wildman–Crippen LogP) is 5.04. The molecule has 3 atom stereocenters. The first-order chi connectivity index (χ1) is 13.8. The Balaban J connectivity index is 1.32. The Morgan fingerprint density at radius 1 is 1.03 bits per heavy atom. The van der Waals surface area contributed by atoms with Crippen molar-refractivity contribution in [1.29, 1.82) is 0 Å². The highest BCUT2D eigenvalue weighted by Crippen LogP contribution is 2.47. The van der Waals surface area contributed by atoms with Gasteiger partial charge in [0.1, 0.15) is 5.82 Å². The van der Waals surface area contributed by atoms with Gasteiger partial charge in [0.25, 0.3) is 0 Å².